The van der Waals surface area contributed by atoms with E-state index in [0.29, 0.717) is 18.4 Å². The van der Waals surface area contributed by atoms with Crippen molar-refractivity contribution in [3.05, 3.63) is 0 Å². The molecule has 2 fully saturated rings. The summed E-state index contributed by atoms with van der Waals surface area (Å²) in [4.78, 5) is 11.5. The zero-order chi connectivity index (χ0) is 14.5. The maximum atomic E-state index is 11.5. The Hall–Kier alpha value is -0.353. The molecule has 19 heavy (non-hydrogen) atoms. The molecule has 0 N–H and O–H groups in total. The summed E-state index contributed by atoms with van der Waals surface area (Å²) < 4.78 is 12.0. The summed E-state index contributed by atoms with van der Waals surface area (Å²) in [5.74, 6) is 0.323. The molecule has 0 unspecified atom stereocenters. The molecule has 0 aromatic rings. The highest BCUT2D eigenvalue weighted by molar-refractivity contribution is 6.74. The number of carbonyl (C=O) groups is 1. The van der Waals surface area contributed by atoms with Crippen LogP contribution in [0, 0.1) is 5.92 Å². The van der Waals surface area contributed by atoms with E-state index < -0.39 is 8.32 Å². The van der Waals surface area contributed by atoms with E-state index in [2.05, 4.69) is 40.8 Å². The average Bonchev–Trinajstić information content (AvgIpc) is 2.50. The Morgan fingerprint density at radius 1 is 1.37 bits per heavy atom. The number of rotatable bonds is 2. The second kappa shape index (κ2) is 4.59. The topological polar surface area (TPSA) is 35.5 Å². The fourth-order valence-electron chi connectivity index (χ4n) is 2.97. The number of esters is 1. The summed E-state index contributed by atoms with van der Waals surface area (Å²) in [6.45, 7) is 13.5. The lowest BCUT2D eigenvalue weighted by Gasteiger charge is -2.44. The zero-order valence-corrected chi connectivity index (χ0v) is 14.2. The van der Waals surface area contributed by atoms with Crippen LogP contribution in [0.3, 0.4) is 0 Å². The van der Waals surface area contributed by atoms with Crippen molar-refractivity contribution in [3.8, 4) is 0 Å². The van der Waals surface area contributed by atoms with E-state index in [1.54, 1.807) is 0 Å². The summed E-state index contributed by atoms with van der Waals surface area (Å²) in [5, 5.41) is 0.246. The van der Waals surface area contributed by atoms with Crippen molar-refractivity contribution in [3.63, 3.8) is 0 Å². The zero-order valence-electron chi connectivity index (χ0n) is 13.2. The van der Waals surface area contributed by atoms with Gasteiger partial charge in [0.1, 0.15) is 5.60 Å². The van der Waals surface area contributed by atoms with Crippen molar-refractivity contribution >= 4 is 14.3 Å². The molecule has 2 aliphatic rings. The number of carbonyl (C=O) groups excluding carboxylic acids is 1. The predicted molar refractivity (Wildman–Crippen MR) is 78.5 cm³/mol. The van der Waals surface area contributed by atoms with Crippen molar-refractivity contribution in [2.45, 2.75) is 83.2 Å². The van der Waals surface area contributed by atoms with E-state index >= 15 is 0 Å². The van der Waals surface area contributed by atoms with Crippen molar-refractivity contribution < 1.29 is 14.0 Å². The molecule has 1 saturated carbocycles. The molecule has 0 bridgehead atoms. The smallest absolute Gasteiger partial charge is 0.306 e. The quantitative estimate of drug-likeness (QED) is 0.570. The van der Waals surface area contributed by atoms with Crippen molar-refractivity contribution in [2.24, 2.45) is 5.92 Å². The van der Waals surface area contributed by atoms with Crippen LogP contribution >= 0.6 is 0 Å². The lowest BCUT2D eigenvalue weighted by molar-refractivity contribution is -0.150. The minimum absolute atomic E-state index is 0.0273. The van der Waals surface area contributed by atoms with Crippen LogP contribution in [0.25, 0.3) is 0 Å². The predicted octanol–water partition coefficient (Wildman–Crippen LogP) is 3.88. The van der Waals surface area contributed by atoms with Crippen LogP contribution in [0.15, 0.2) is 0 Å². The average molecular weight is 284 g/mol. The molecule has 4 heteroatoms. The van der Waals surface area contributed by atoms with Crippen LogP contribution in [-0.4, -0.2) is 26.0 Å². The first-order chi connectivity index (χ1) is 8.53. The molecule has 1 saturated heterocycles. The Labute approximate surface area is 118 Å². The maximum absolute atomic E-state index is 11.5. The molecule has 1 heterocycles. The van der Waals surface area contributed by atoms with Gasteiger partial charge in [0.25, 0.3) is 0 Å². The second-order valence-corrected chi connectivity index (χ2v) is 12.7. The fraction of sp³-hybridized carbons (Fsp3) is 0.933. The van der Waals surface area contributed by atoms with E-state index in [4.69, 9.17) is 9.16 Å². The third-order valence-electron chi connectivity index (χ3n) is 5.40. The lowest BCUT2D eigenvalue weighted by atomic mass is 9.75. The molecule has 0 radical (unpaired) electrons. The van der Waals surface area contributed by atoms with Crippen molar-refractivity contribution in [2.75, 3.05) is 0 Å². The normalized spacial score (nSPS) is 36.0. The molecule has 1 aliphatic heterocycles. The van der Waals surface area contributed by atoms with Gasteiger partial charge in [-0.3, -0.25) is 4.79 Å². The molecule has 2 rings (SSSR count). The first-order valence-corrected chi connectivity index (χ1v) is 10.3. The first-order valence-electron chi connectivity index (χ1n) is 7.43. The maximum Gasteiger partial charge on any atom is 0.306 e. The van der Waals surface area contributed by atoms with E-state index in [1.807, 2.05) is 0 Å². The van der Waals surface area contributed by atoms with Gasteiger partial charge in [-0.1, -0.05) is 20.8 Å². The van der Waals surface area contributed by atoms with Gasteiger partial charge in [0.15, 0.2) is 8.32 Å². The van der Waals surface area contributed by atoms with Gasteiger partial charge < -0.3 is 9.16 Å². The Morgan fingerprint density at radius 2 is 2.00 bits per heavy atom. The van der Waals surface area contributed by atoms with Crippen molar-refractivity contribution in [1.82, 2.24) is 0 Å². The number of hydrogen-bond acceptors (Lipinski definition) is 3. The van der Waals surface area contributed by atoms with Gasteiger partial charge >= 0.3 is 5.97 Å². The molecular formula is C15H28O3Si. The van der Waals surface area contributed by atoms with E-state index in [-0.39, 0.29) is 16.6 Å². The Balaban J connectivity index is 2.01. The molecule has 0 amide bonds. The van der Waals surface area contributed by atoms with Crippen LogP contribution < -0.4 is 0 Å². The van der Waals surface area contributed by atoms with Gasteiger partial charge in [0.05, 0.1) is 6.42 Å². The van der Waals surface area contributed by atoms with Crippen LogP contribution in [0.4, 0.5) is 0 Å². The van der Waals surface area contributed by atoms with Gasteiger partial charge in [-0.05, 0) is 44.3 Å². The lowest BCUT2D eigenvalue weighted by Crippen LogP contribution is -2.48. The minimum Gasteiger partial charge on any atom is -0.459 e. The monoisotopic (exact) mass is 284 g/mol. The molecular weight excluding hydrogens is 256 g/mol. The number of ether oxygens (including phenoxy) is 1. The molecule has 1 aliphatic carbocycles. The first kappa shape index (κ1) is 15.0. The van der Waals surface area contributed by atoms with Gasteiger partial charge in [0.2, 0.25) is 0 Å². The van der Waals surface area contributed by atoms with Gasteiger partial charge in [-0.15, -0.1) is 0 Å². The Morgan fingerprint density at radius 3 is 2.58 bits per heavy atom. The third kappa shape index (κ3) is 2.89. The summed E-state index contributed by atoms with van der Waals surface area (Å²) in [7, 11) is -1.70. The standard InChI is InChI=1S/C15H28O3Si/c1-14(2,3)19(5,6)18-12-7-8-15(4)11(9-12)10-13(16)17-15/h11-12H,7-10H2,1-6H3/t11-,12-,15-/m1/s1. The molecule has 3 atom stereocenters. The Kier molecular flexibility index (Phi) is 3.63. The molecule has 0 spiro atoms. The number of hydrogen-bond donors (Lipinski definition) is 0. The molecule has 0 aromatic heterocycles. The van der Waals surface area contributed by atoms with E-state index in [9.17, 15) is 4.79 Å². The van der Waals surface area contributed by atoms with Gasteiger partial charge in [0, 0.05) is 12.0 Å². The summed E-state index contributed by atoms with van der Waals surface area (Å²) in [6.07, 6.45) is 3.84. The highest BCUT2D eigenvalue weighted by Gasteiger charge is 2.50. The van der Waals surface area contributed by atoms with Gasteiger partial charge in [-0.25, -0.2) is 0 Å². The van der Waals surface area contributed by atoms with Crippen LogP contribution in [0.1, 0.15) is 53.4 Å². The van der Waals surface area contributed by atoms with Crippen LogP contribution in [0.2, 0.25) is 18.1 Å². The SMILES string of the molecule is CC(C)(C)[Si](C)(C)O[C@@H]1CC[C@@]2(C)OC(=O)C[C@H]2C1. The van der Waals surface area contributed by atoms with Crippen molar-refractivity contribution in [1.29, 1.82) is 0 Å². The van der Waals surface area contributed by atoms with Crippen LogP contribution in [0.5, 0.6) is 0 Å². The van der Waals surface area contributed by atoms with E-state index in [1.165, 1.54) is 0 Å². The molecule has 0 aromatic carbocycles. The largest absolute Gasteiger partial charge is 0.459 e. The highest BCUT2D eigenvalue weighted by atomic mass is 28.4. The Bertz CT molecular complexity index is 372. The molecule has 110 valence electrons. The van der Waals surface area contributed by atoms with Crippen LogP contribution in [-0.2, 0) is 14.0 Å². The third-order valence-corrected chi connectivity index (χ3v) is 9.94. The summed E-state index contributed by atoms with van der Waals surface area (Å²) in [6, 6.07) is 0. The van der Waals surface area contributed by atoms with Gasteiger partial charge in [-0.2, -0.15) is 0 Å². The minimum atomic E-state index is -1.70. The summed E-state index contributed by atoms with van der Waals surface area (Å²) in [5.41, 5.74) is -0.218. The second-order valence-electron chi connectivity index (χ2n) is 7.96. The highest BCUT2D eigenvalue weighted by Crippen LogP contribution is 2.46. The number of fused-ring (bicyclic) bond motifs is 1. The fourth-order valence-corrected chi connectivity index (χ4v) is 4.37. The summed E-state index contributed by atoms with van der Waals surface area (Å²) >= 11 is 0. The van der Waals surface area contributed by atoms with E-state index in [0.717, 1.165) is 19.3 Å². The molecule has 3 nitrogen and oxygen atoms in total.